The van der Waals surface area contributed by atoms with Crippen molar-refractivity contribution >= 4 is 5.97 Å². The Labute approximate surface area is 166 Å². The Morgan fingerprint density at radius 1 is 0.852 bits per heavy atom. The highest BCUT2D eigenvalue weighted by Crippen LogP contribution is 2.14. The van der Waals surface area contributed by atoms with E-state index in [2.05, 4.69) is 10.2 Å². The van der Waals surface area contributed by atoms with Crippen LogP contribution in [0.25, 0.3) is 22.8 Å². The van der Waals surface area contributed by atoms with Crippen LogP contribution >= 0.6 is 0 Å². The molecule has 0 radical (unpaired) electrons. The standard InChI is InChI=1S/C20H14N4O2.BrH/c25-20(26)16-11-13-18(14-12-16)24-22-19(15-7-3-1-4-8-15)21-23(24)17-9-5-2-6-10-17;/h1-14H;1H. The van der Waals surface area contributed by atoms with Crippen LogP contribution in [0.2, 0.25) is 0 Å². The molecule has 0 unspecified atom stereocenters. The van der Waals surface area contributed by atoms with Gasteiger partial charge in [-0.1, -0.05) is 36.4 Å². The first-order chi connectivity index (χ1) is 12.7. The average Bonchev–Trinajstić information content (AvgIpc) is 3.15. The summed E-state index contributed by atoms with van der Waals surface area (Å²) in [5, 5.41) is 18.4. The fraction of sp³-hybridized carbons (Fsp3) is 0. The van der Waals surface area contributed by atoms with Gasteiger partial charge >= 0.3 is 11.8 Å². The first-order valence-corrected chi connectivity index (χ1v) is 8.06. The molecule has 4 rings (SSSR count). The molecule has 1 N–H and O–H groups in total. The van der Waals surface area contributed by atoms with Crippen LogP contribution in [0.15, 0.2) is 84.9 Å². The topological polar surface area (TPSA) is 71.9 Å². The van der Waals surface area contributed by atoms with Crippen LogP contribution in [0, 0.1) is 0 Å². The molecule has 3 aromatic carbocycles. The number of carbonyl (C=O) groups is 1. The third-order valence-electron chi connectivity index (χ3n) is 3.92. The van der Waals surface area contributed by atoms with Crippen LogP contribution in [0.1, 0.15) is 10.4 Å². The quantitative estimate of drug-likeness (QED) is 0.466. The Hall–Kier alpha value is -3.32. The molecule has 0 spiro atoms. The molecule has 0 saturated carbocycles. The van der Waals surface area contributed by atoms with Gasteiger partial charge in [-0.05, 0) is 58.4 Å². The molecule has 7 heteroatoms. The largest absolute Gasteiger partial charge is 1.00 e. The van der Waals surface area contributed by atoms with Crippen molar-refractivity contribution in [2.45, 2.75) is 0 Å². The molecular weight excluding hydrogens is 408 g/mol. The molecule has 134 valence electrons. The van der Waals surface area contributed by atoms with Gasteiger partial charge in [-0.15, -0.1) is 0 Å². The number of nitrogens with zero attached hydrogens (tertiary/aromatic N) is 4. The van der Waals surface area contributed by atoms with Crippen LogP contribution in [-0.4, -0.2) is 26.1 Å². The summed E-state index contributed by atoms with van der Waals surface area (Å²) in [6.45, 7) is 0. The van der Waals surface area contributed by atoms with E-state index in [4.69, 9.17) is 5.11 Å². The van der Waals surface area contributed by atoms with Crippen LogP contribution < -0.4 is 21.8 Å². The molecule has 4 aromatic rings. The van der Waals surface area contributed by atoms with Gasteiger partial charge in [0, 0.05) is 4.80 Å². The summed E-state index contributed by atoms with van der Waals surface area (Å²) < 4.78 is 0. The highest BCUT2D eigenvalue weighted by atomic mass is 79.9. The Morgan fingerprint density at radius 2 is 1.44 bits per heavy atom. The molecule has 0 aliphatic rings. The Bertz CT molecular complexity index is 1050. The number of tetrazole rings is 1. The molecule has 1 aromatic heterocycles. The predicted molar refractivity (Wildman–Crippen MR) is 95.3 cm³/mol. The maximum absolute atomic E-state index is 11.1. The number of halogens is 1. The number of hydrogen-bond donors (Lipinski definition) is 1. The maximum atomic E-state index is 11.1. The lowest BCUT2D eigenvalue weighted by molar-refractivity contribution is -0.734. The molecule has 27 heavy (non-hydrogen) atoms. The zero-order valence-corrected chi connectivity index (χ0v) is 15.7. The van der Waals surface area contributed by atoms with Crippen molar-refractivity contribution in [2.75, 3.05) is 0 Å². The first-order valence-electron chi connectivity index (χ1n) is 8.06. The molecule has 0 fully saturated rings. The minimum atomic E-state index is -0.962. The van der Waals surface area contributed by atoms with Gasteiger partial charge in [0.15, 0.2) is 5.69 Å². The van der Waals surface area contributed by atoms with Gasteiger partial charge in [0.2, 0.25) is 0 Å². The molecular formula is C20H15BrN4O2. The second-order valence-corrected chi connectivity index (χ2v) is 5.66. The summed E-state index contributed by atoms with van der Waals surface area (Å²) in [5.41, 5.74) is 2.69. The van der Waals surface area contributed by atoms with Gasteiger partial charge in [-0.25, -0.2) is 4.79 Å². The zero-order valence-electron chi connectivity index (χ0n) is 14.1. The summed E-state index contributed by atoms with van der Waals surface area (Å²) >= 11 is 0. The van der Waals surface area contributed by atoms with E-state index in [-0.39, 0.29) is 22.5 Å². The van der Waals surface area contributed by atoms with Gasteiger partial charge in [0.05, 0.1) is 16.2 Å². The molecule has 0 bridgehead atoms. The minimum absolute atomic E-state index is 0. The number of carboxylic acids is 1. The van der Waals surface area contributed by atoms with Crippen LogP contribution in [0.4, 0.5) is 0 Å². The van der Waals surface area contributed by atoms with Crippen molar-refractivity contribution in [1.29, 1.82) is 0 Å². The van der Waals surface area contributed by atoms with Crippen molar-refractivity contribution < 1.29 is 31.7 Å². The molecule has 0 saturated heterocycles. The van der Waals surface area contributed by atoms with E-state index in [1.165, 1.54) is 0 Å². The monoisotopic (exact) mass is 422 g/mol. The van der Waals surface area contributed by atoms with E-state index in [9.17, 15) is 4.79 Å². The Kier molecular flexibility index (Phi) is 5.42. The fourth-order valence-corrected chi connectivity index (χ4v) is 2.62. The third-order valence-corrected chi connectivity index (χ3v) is 3.92. The molecule has 1 heterocycles. The molecule has 0 aliphatic heterocycles. The maximum Gasteiger partial charge on any atom is 0.340 e. The van der Waals surface area contributed by atoms with E-state index < -0.39 is 5.97 Å². The first kappa shape index (κ1) is 18.5. The number of carboxylic acid groups (broad SMARTS) is 1. The number of para-hydroxylation sites is 1. The average molecular weight is 423 g/mol. The van der Waals surface area contributed by atoms with E-state index in [1.807, 2.05) is 60.7 Å². The predicted octanol–water partition coefficient (Wildman–Crippen LogP) is -0.0868. The summed E-state index contributed by atoms with van der Waals surface area (Å²) in [5.74, 6) is -0.382. The number of aromatic nitrogens is 4. The molecule has 0 amide bonds. The van der Waals surface area contributed by atoms with Crippen molar-refractivity contribution in [3.63, 3.8) is 0 Å². The van der Waals surface area contributed by atoms with E-state index >= 15 is 0 Å². The van der Waals surface area contributed by atoms with Crippen molar-refractivity contribution in [2.24, 2.45) is 0 Å². The van der Waals surface area contributed by atoms with Crippen molar-refractivity contribution in [3.8, 4) is 22.8 Å². The summed E-state index contributed by atoms with van der Waals surface area (Å²) in [6.07, 6.45) is 0. The summed E-state index contributed by atoms with van der Waals surface area (Å²) in [7, 11) is 0. The Morgan fingerprint density at radius 3 is 2.04 bits per heavy atom. The van der Waals surface area contributed by atoms with Crippen LogP contribution in [0.5, 0.6) is 0 Å². The van der Waals surface area contributed by atoms with Gasteiger partial charge in [-0.2, -0.15) is 0 Å². The molecule has 6 nitrogen and oxygen atoms in total. The van der Waals surface area contributed by atoms with Crippen molar-refractivity contribution in [3.05, 3.63) is 90.5 Å². The second kappa shape index (κ2) is 7.92. The van der Waals surface area contributed by atoms with E-state index in [0.29, 0.717) is 11.5 Å². The Balaban J connectivity index is 0.00000210. The van der Waals surface area contributed by atoms with Gasteiger partial charge < -0.3 is 22.1 Å². The number of rotatable bonds is 4. The highest BCUT2D eigenvalue weighted by molar-refractivity contribution is 5.87. The molecule has 0 atom stereocenters. The SMILES string of the molecule is O=C(O)c1ccc(-[n+]2nc(-c3ccccc3)nn2-c2ccccc2)cc1.[Br-]. The summed E-state index contributed by atoms with van der Waals surface area (Å²) in [4.78, 5) is 14.4. The fourth-order valence-electron chi connectivity index (χ4n) is 2.62. The van der Waals surface area contributed by atoms with Gasteiger partial charge in [0.1, 0.15) is 5.69 Å². The van der Waals surface area contributed by atoms with E-state index in [0.717, 1.165) is 11.3 Å². The number of hydrogen-bond acceptors (Lipinski definition) is 3. The lowest BCUT2D eigenvalue weighted by Crippen LogP contribution is -3.00. The van der Waals surface area contributed by atoms with Crippen LogP contribution in [-0.2, 0) is 0 Å². The smallest absolute Gasteiger partial charge is 0.340 e. The lowest BCUT2D eigenvalue weighted by Gasteiger charge is -2.00. The van der Waals surface area contributed by atoms with Gasteiger partial charge in [-0.3, -0.25) is 0 Å². The minimum Gasteiger partial charge on any atom is -1.00 e. The van der Waals surface area contributed by atoms with Crippen LogP contribution in [0.3, 0.4) is 0 Å². The number of aromatic carboxylic acids is 1. The second-order valence-electron chi connectivity index (χ2n) is 5.66. The normalized spacial score (nSPS) is 10.2. The zero-order chi connectivity index (χ0) is 17.9. The van der Waals surface area contributed by atoms with Gasteiger partial charge in [0.25, 0.3) is 0 Å². The van der Waals surface area contributed by atoms with E-state index in [1.54, 1.807) is 33.9 Å². The summed E-state index contributed by atoms with van der Waals surface area (Å²) in [6, 6.07) is 25.9. The number of benzene rings is 3. The third kappa shape index (κ3) is 3.78. The molecule has 0 aliphatic carbocycles. The highest BCUT2D eigenvalue weighted by Gasteiger charge is 2.23. The lowest BCUT2D eigenvalue weighted by atomic mass is 10.2. The van der Waals surface area contributed by atoms with Crippen molar-refractivity contribution in [1.82, 2.24) is 15.0 Å².